The lowest BCUT2D eigenvalue weighted by atomic mass is 10.1. The Labute approximate surface area is 125 Å². The largest absolute Gasteiger partial charge is 0.489 e. The lowest BCUT2D eigenvalue weighted by Gasteiger charge is -2.17. The van der Waals surface area contributed by atoms with Crippen molar-refractivity contribution in [1.29, 1.82) is 0 Å². The van der Waals surface area contributed by atoms with Crippen molar-refractivity contribution in [2.45, 2.75) is 26.9 Å². The van der Waals surface area contributed by atoms with E-state index in [2.05, 4.69) is 37.4 Å². The fourth-order valence-electron chi connectivity index (χ4n) is 1.98. The summed E-state index contributed by atoms with van der Waals surface area (Å²) >= 11 is 5.85. The van der Waals surface area contributed by atoms with Crippen molar-refractivity contribution in [3.63, 3.8) is 0 Å². The van der Waals surface area contributed by atoms with Gasteiger partial charge in [-0.2, -0.15) is 0 Å². The van der Waals surface area contributed by atoms with Gasteiger partial charge in [0, 0.05) is 10.7 Å². The van der Waals surface area contributed by atoms with Crippen molar-refractivity contribution in [2.75, 3.05) is 11.9 Å². The standard InChI is InChI=1S/C17H20ClNO/c1-12-5-4-6-17(14(12)3)19-11-13(2)20-16-9-7-15(18)8-10-16/h4-10,13,19H,11H2,1-3H3. The fraction of sp³-hybridized carbons (Fsp3) is 0.294. The quantitative estimate of drug-likeness (QED) is 0.851. The lowest BCUT2D eigenvalue weighted by molar-refractivity contribution is 0.235. The smallest absolute Gasteiger partial charge is 0.119 e. The maximum Gasteiger partial charge on any atom is 0.119 e. The van der Waals surface area contributed by atoms with Gasteiger partial charge in [-0.05, 0) is 62.2 Å². The minimum atomic E-state index is 0.0797. The van der Waals surface area contributed by atoms with E-state index in [1.807, 2.05) is 31.2 Å². The summed E-state index contributed by atoms with van der Waals surface area (Å²) in [4.78, 5) is 0. The molecule has 0 radical (unpaired) electrons. The predicted octanol–water partition coefficient (Wildman–Crippen LogP) is 4.84. The van der Waals surface area contributed by atoms with Gasteiger partial charge in [0.2, 0.25) is 0 Å². The van der Waals surface area contributed by atoms with Gasteiger partial charge in [-0.3, -0.25) is 0 Å². The lowest BCUT2D eigenvalue weighted by Crippen LogP contribution is -2.23. The van der Waals surface area contributed by atoms with E-state index < -0.39 is 0 Å². The van der Waals surface area contributed by atoms with Gasteiger partial charge in [0.15, 0.2) is 0 Å². The van der Waals surface area contributed by atoms with Crippen LogP contribution in [-0.2, 0) is 0 Å². The van der Waals surface area contributed by atoms with Crippen LogP contribution in [0.25, 0.3) is 0 Å². The zero-order valence-electron chi connectivity index (χ0n) is 12.1. The first-order chi connectivity index (χ1) is 9.56. The highest BCUT2D eigenvalue weighted by Crippen LogP contribution is 2.19. The molecule has 0 heterocycles. The molecular weight excluding hydrogens is 270 g/mol. The van der Waals surface area contributed by atoms with Gasteiger partial charge >= 0.3 is 0 Å². The second-order valence-electron chi connectivity index (χ2n) is 5.01. The number of halogens is 1. The molecular formula is C17H20ClNO. The van der Waals surface area contributed by atoms with Crippen LogP contribution in [0.4, 0.5) is 5.69 Å². The predicted molar refractivity (Wildman–Crippen MR) is 85.9 cm³/mol. The summed E-state index contributed by atoms with van der Waals surface area (Å²) in [6, 6.07) is 13.7. The molecule has 0 aliphatic heterocycles. The minimum Gasteiger partial charge on any atom is -0.489 e. The average molecular weight is 290 g/mol. The van der Waals surface area contributed by atoms with Gasteiger partial charge in [0.05, 0.1) is 6.54 Å². The molecule has 0 aliphatic rings. The summed E-state index contributed by atoms with van der Waals surface area (Å²) in [7, 11) is 0. The van der Waals surface area contributed by atoms with E-state index >= 15 is 0 Å². The molecule has 2 aromatic rings. The molecule has 0 aliphatic carbocycles. The molecule has 0 aromatic heterocycles. The molecule has 3 heteroatoms. The molecule has 2 nitrogen and oxygen atoms in total. The Morgan fingerprint density at radius 3 is 2.50 bits per heavy atom. The van der Waals surface area contributed by atoms with E-state index in [4.69, 9.17) is 16.3 Å². The van der Waals surface area contributed by atoms with E-state index in [9.17, 15) is 0 Å². The van der Waals surface area contributed by atoms with Crippen LogP contribution in [0.15, 0.2) is 42.5 Å². The first kappa shape index (κ1) is 14.7. The second kappa shape index (κ2) is 6.67. The molecule has 1 unspecified atom stereocenters. The van der Waals surface area contributed by atoms with E-state index in [1.165, 1.54) is 11.1 Å². The molecule has 0 saturated heterocycles. The summed E-state index contributed by atoms with van der Waals surface area (Å²) in [6.07, 6.45) is 0.0797. The molecule has 0 bridgehead atoms. The summed E-state index contributed by atoms with van der Waals surface area (Å²) in [5, 5.41) is 4.15. The summed E-state index contributed by atoms with van der Waals surface area (Å²) < 4.78 is 5.84. The van der Waals surface area contributed by atoms with Crippen LogP contribution in [0.2, 0.25) is 5.02 Å². The van der Waals surface area contributed by atoms with Gasteiger partial charge in [-0.25, -0.2) is 0 Å². The Morgan fingerprint density at radius 1 is 1.10 bits per heavy atom. The Morgan fingerprint density at radius 2 is 1.80 bits per heavy atom. The van der Waals surface area contributed by atoms with Gasteiger partial charge in [-0.1, -0.05) is 23.7 Å². The van der Waals surface area contributed by atoms with E-state index in [0.717, 1.165) is 23.0 Å². The number of rotatable bonds is 5. The molecule has 0 fully saturated rings. The monoisotopic (exact) mass is 289 g/mol. The number of hydrogen-bond acceptors (Lipinski definition) is 2. The number of aryl methyl sites for hydroxylation is 1. The SMILES string of the molecule is Cc1cccc(NCC(C)Oc2ccc(Cl)cc2)c1C. The maximum atomic E-state index is 5.85. The van der Waals surface area contributed by atoms with Crippen molar-refractivity contribution in [2.24, 2.45) is 0 Å². The third kappa shape index (κ3) is 3.91. The Kier molecular flexibility index (Phi) is 4.91. The van der Waals surface area contributed by atoms with Crippen LogP contribution in [0.1, 0.15) is 18.1 Å². The highest BCUT2D eigenvalue weighted by molar-refractivity contribution is 6.30. The van der Waals surface area contributed by atoms with Gasteiger partial charge in [0.1, 0.15) is 11.9 Å². The number of benzene rings is 2. The first-order valence-corrected chi connectivity index (χ1v) is 7.16. The molecule has 1 N–H and O–H groups in total. The average Bonchev–Trinajstić information content (AvgIpc) is 2.43. The van der Waals surface area contributed by atoms with Gasteiger partial charge in [-0.15, -0.1) is 0 Å². The molecule has 0 spiro atoms. The Hall–Kier alpha value is -1.67. The zero-order valence-corrected chi connectivity index (χ0v) is 12.9. The first-order valence-electron chi connectivity index (χ1n) is 6.78. The molecule has 0 saturated carbocycles. The molecule has 0 amide bonds. The van der Waals surface area contributed by atoms with E-state index in [-0.39, 0.29) is 6.10 Å². The zero-order chi connectivity index (χ0) is 14.5. The number of hydrogen-bond donors (Lipinski definition) is 1. The van der Waals surface area contributed by atoms with Crippen LogP contribution < -0.4 is 10.1 Å². The van der Waals surface area contributed by atoms with Crippen LogP contribution >= 0.6 is 11.6 Å². The van der Waals surface area contributed by atoms with Crippen molar-refractivity contribution in [3.8, 4) is 5.75 Å². The van der Waals surface area contributed by atoms with Crippen molar-refractivity contribution in [3.05, 3.63) is 58.6 Å². The summed E-state index contributed by atoms with van der Waals surface area (Å²) in [5.41, 5.74) is 3.74. The Balaban J connectivity index is 1.90. The molecule has 106 valence electrons. The molecule has 2 aromatic carbocycles. The van der Waals surface area contributed by atoms with Crippen LogP contribution in [-0.4, -0.2) is 12.6 Å². The second-order valence-corrected chi connectivity index (χ2v) is 5.45. The maximum absolute atomic E-state index is 5.85. The fourth-order valence-corrected chi connectivity index (χ4v) is 2.11. The van der Waals surface area contributed by atoms with Crippen molar-refractivity contribution in [1.82, 2.24) is 0 Å². The van der Waals surface area contributed by atoms with Crippen LogP contribution in [0.3, 0.4) is 0 Å². The van der Waals surface area contributed by atoms with Gasteiger partial charge in [0.25, 0.3) is 0 Å². The summed E-state index contributed by atoms with van der Waals surface area (Å²) in [6.45, 7) is 7.05. The van der Waals surface area contributed by atoms with Crippen molar-refractivity contribution >= 4 is 17.3 Å². The molecule has 1 atom stereocenters. The normalized spacial score (nSPS) is 12.0. The topological polar surface area (TPSA) is 21.3 Å². The summed E-state index contributed by atoms with van der Waals surface area (Å²) in [5.74, 6) is 0.838. The number of ether oxygens (including phenoxy) is 1. The highest BCUT2D eigenvalue weighted by Gasteiger charge is 2.06. The van der Waals surface area contributed by atoms with E-state index in [1.54, 1.807) is 0 Å². The van der Waals surface area contributed by atoms with Gasteiger partial charge < -0.3 is 10.1 Å². The van der Waals surface area contributed by atoms with E-state index in [0.29, 0.717) is 0 Å². The Bertz CT molecular complexity index is 566. The van der Waals surface area contributed by atoms with Crippen molar-refractivity contribution < 1.29 is 4.74 Å². The molecule has 20 heavy (non-hydrogen) atoms. The highest BCUT2D eigenvalue weighted by atomic mass is 35.5. The minimum absolute atomic E-state index is 0.0797. The number of anilines is 1. The number of nitrogens with one attached hydrogen (secondary N) is 1. The molecule has 2 rings (SSSR count). The third-order valence-corrected chi connectivity index (χ3v) is 3.59. The van der Waals surface area contributed by atoms with Crippen LogP contribution in [0.5, 0.6) is 5.75 Å². The van der Waals surface area contributed by atoms with Crippen LogP contribution in [0, 0.1) is 13.8 Å². The third-order valence-electron chi connectivity index (χ3n) is 3.34.